The zero-order valence-corrected chi connectivity index (χ0v) is 13.4. The Bertz CT molecular complexity index is 413. The molecule has 6 nitrogen and oxygen atoms in total. The number of guanidine groups is 1. The minimum Gasteiger partial charge on any atom is -0.493 e. The topological polar surface area (TPSA) is 89.1 Å². The summed E-state index contributed by atoms with van der Waals surface area (Å²) in [6.45, 7) is 0.593. The van der Waals surface area contributed by atoms with Crippen LogP contribution < -0.4 is 20.5 Å². The van der Waals surface area contributed by atoms with Crippen molar-refractivity contribution in [3.63, 3.8) is 0 Å². The number of nitrogens with two attached hydrogens (primary N) is 1. The van der Waals surface area contributed by atoms with Crippen molar-refractivity contribution in [2.24, 2.45) is 10.7 Å². The molecule has 0 unspecified atom stereocenters. The van der Waals surface area contributed by atoms with Gasteiger partial charge in [0.15, 0.2) is 17.5 Å². The first-order valence-corrected chi connectivity index (χ1v) is 5.61. The van der Waals surface area contributed by atoms with Gasteiger partial charge in [-0.25, -0.2) is 0 Å². The molecule has 0 amide bonds. The maximum absolute atomic E-state index is 8.63. The summed E-state index contributed by atoms with van der Waals surface area (Å²) in [6.07, 6.45) is 0.592. The van der Waals surface area contributed by atoms with Gasteiger partial charge >= 0.3 is 0 Å². The number of aliphatic hydroxyl groups excluding tert-OH is 1. The number of benzene rings is 1. The van der Waals surface area contributed by atoms with Gasteiger partial charge in [0.25, 0.3) is 0 Å². The molecule has 0 saturated carbocycles. The number of nitrogens with one attached hydrogen (secondary N) is 1. The number of hydrogen-bond acceptors (Lipinski definition) is 4. The molecule has 0 aliphatic heterocycles. The fourth-order valence-electron chi connectivity index (χ4n) is 1.37. The van der Waals surface area contributed by atoms with Crippen LogP contribution in [0.2, 0.25) is 0 Å². The number of anilines is 1. The summed E-state index contributed by atoms with van der Waals surface area (Å²) >= 11 is 0. The van der Waals surface area contributed by atoms with Crippen molar-refractivity contribution >= 4 is 35.6 Å². The first-order chi connectivity index (χ1) is 8.71. The van der Waals surface area contributed by atoms with Crippen molar-refractivity contribution < 1.29 is 14.6 Å². The van der Waals surface area contributed by atoms with Crippen LogP contribution in [0.5, 0.6) is 11.5 Å². The number of aliphatic hydroxyl groups is 1. The third-order valence-corrected chi connectivity index (χ3v) is 2.25. The molecule has 1 rings (SSSR count). The van der Waals surface area contributed by atoms with E-state index in [-0.39, 0.29) is 30.6 Å². The van der Waals surface area contributed by atoms with Gasteiger partial charge in [0, 0.05) is 24.9 Å². The van der Waals surface area contributed by atoms with Crippen LogP contribution in [0, 0.1) is 0 Å². The van der Waals surface area contributed by atoms with E-state index in [2.05, 4.69) is 10.3 Å². The van der Waals surface area contributed by atoms with Crippen LogP contribution in [-0.4, -0.2) is 38.4 Å². The monoisotopic (exact) mass is 381 g/mol. The van der Waals surface area contributed by atoms with E-state index in [1.165, 1.54) is 0 Å². The Morgan fingerprint density at radius 3 is 2.58 bits per heavy atom. The summed E-state index contributed by atoms with van der Waals surface area (Å²) < 4.78 is 10.3. The molecule has 0 bridgehead atoms. The van der Waals surface area contributed by atoms with Gasteiger partial charge in [-0.05, 0) is 18.6 Å². The Labute approximate surface area is 130 Å². The van der Waals surface area contributed by atoms with Gasteiger partial charge < -0.3 is 25.6 Å². The SMILES string of the molecule is COc1ccc(NC(N)=NCCCO)cc1OC.I. The lowest BCUT2D eigenvalue weighted by Gasteiger charge is -2.10. The van der Waals surface area contributed by atoms with Gasteiger partial charge in [0.05, 0.1) is 14.2 Å². The highest BCUT2D eigenvalue weighted by Crippen LogP contribution is 2.29. The molecule has 0 heterocycles. The maximum atomic E-state index is 8.63. The molecular weight excluding hydrogens is 361 g/mol. The van der Waals surface area contributed by atoms with E-state index in [1.54, 1.807) is 26.4 Å². The van der Waals surface area contributed by atoms with Gasteiger partial charge in [-0.1, -0.05) is 0 Å². The Hall–Kier alpha value is -1.22. The molecule has 0 radical (unpaired) electrons. The van der Waals surface area contributed by atoms with Crippen LogP contribution in [0.4, 0.5) is 5.69 Å². The molecule has 7 heteroatoms. The number of rotatable bonds is 6. The average Bonchev–Trinajstić information content (AvgIpc) is 2.39. The van der Waals surface area contributed by atoms with Gasteiger partial charge in [-0.15, -0.1) is 24.0 Å². The molecule has 1 aromatic carbocycles. The quantitative estimate of drug-likeness (QED) is 0.300. The number of methoxy groups -OCH3 is 2. The standard InChI is InChI=1S/C12H19N3O3.HI/c1-17-10-5-4-9(8-11(10)18-2)15-12(13)14-6-3-7-16;/h4-5,8,16H,3,6-7H2,1-2H3,(H3,13,14,15);1H. The molecule has 19 heavy (non-hydrogen) atoms. The predicted octanol–water partition coefficient (Wildman–Crippen LogP) is 1.43. The molecule has 0 fully saturated rings. The van der Waals surface area contributed by atoms with Crippen LogP contribution in [0.3, 0.4) is 0 Å². The molecule has 0 aliphatic rings. The molecule has 0 aromatic heterocycles. The van der Waals surface area contributed by atoms with Gasteiger partial charge in [-0.2, -0.15) is 0 Å². The van der Waals surface area contributed by atoms with E-state index >= 15 is 0 Å². The first-order valence-electron chi connectivity index (χ1n) is 5.61. The summed E-state index contributed by atoms with van der Waals surface area (Å²) in [5.41, 5.74) is 6.46. The molecule has 0 saturated heterocycles. The summed E-state index contributed by atoms with van der Waals surface area (Å²) in [4.78, 5) is 4.06. The van der Waals surface area contributed by atoms with Crippen LogP contribution >= 0.6 is 24.0 Å². The fraction of sp³-hybridized carbons (Fsp3) is 0.417. The Kier molecular flexibility index (Phi) is 9.06. The average molecular weight is 381 g/mol. The minimum absolute atomic E-state index is 0. The normalized spacial score (nSPS) is 10.6. The van der Waals surface area contributed by atoms with Crippen LogP contribution in [0.25, 0.3) is 0 Å². The van der Waals surface area contributed by atoms with E-state index in [0.29, 0.717) is 30.4 Å². The number of hydrogen-bond donors (Lipinski definition) is 3. The number of halogens is 1. The van der Waals surface area contributed by atoms with E-state index in [9.17, 15) is 0 Å². The van der Waals surface area contributed by atoms with Gasteiger partial charge in [0.2, 0.25) is 0 Å². The van der Waals surface area contributed by atoms with E-state index in [1.807, 2.05) is 6.07 Å². The number of ether oxygens (including phenoxy) is 2. The predicted molar refractivity (Wildman–Crippen MR) is 86.8 cm³/mol. The summed E-state index contributed by atoms with van der Waals surface area (Å²) in [6, 6.07) is 5.37. The van der Waals surface area contributed by atoms with Gasteiger partial charge in [0.1, 0.15) is 0 Å². The third kappa shape index (κ3) is 5.97. The molecule has 108 valence electrons. The second-order valence-electron chi connectivity index (χ2n) is 3.54. The lowest BCUT2D eigenvalue weighted by Crippen LogP contribution is -2.23. The van der Waals surface area contributed by atoms with E-state index in [4.69, 9.17) is 20.3 Å². The van der Waals surface area contributed by atoms with Crippen LogP contribution in [0.15, 0.2) is 23.2 Å². The lowest BCUT2D eigenvalue weighted by molar-refractivity contribution is 0.291. The highest BCUT2D eigenvalue weighted by molar-refractivity contribution is 14.0. The Morgan fingerprint density at radius 1 is 1.32 bits per heavy atom. The van der Waals surface area contributed by atoms with Crippen molar-refractivity contribution in [3.05, 3.63) is 18.2 Å². The zero-order chi connectivity index (χ0) is 13.4. The van der Waals surface area contributed by atoms with Gasteiger partial charge in [-0.3, -0.25) is 4.99 Å². The largest absolute Gasteiger partial charge is 0.493 e. The Balaban J connectivity index is 0.00000324. The highest BCUT2D eigenvalue weighted by atomic mass is 127. The van der Waals surface area contributed by atoms with Crippen molar-refractivity contribution in [1.29, 1.82) is 0 Å². The summed E-state index contributed by atoms with van der Waals surface area (Å²) in [7, 11) is 3.15. The zero-order valence-electron chi connectivity index (χ0n) is 11.0. The van der Waals surface area contributed by atoms with Crippen LogP contribution in [-0.2, 0) is 0 Å². The maximum Gasteiger partial charge on any atom is 0.193 e. The van der Waals surface area contributed by atoms with Crippen LogP contribution in [0.1, 0.15) is 6.42 Å². The molecule has 0 aliphatic carbocycles. The highest BCUT2D eigenvalue weighted by Gasteiger charge is 2.04. The molecule has 4 N–H and O–H groups in total. The summed E-state index contributed by atoms with van der Waals surface area (Å²) in [5, 5.41) is 11.6. The molecule has 0 atom stereocenters. The minimum atomic E-state index is 0. The summed E-state index contributed by atoms with van der Waals surface area (Å²) in [5.74, 6) is 1.57. The second kappa shape index (κ2) is 9.68. The van der Waals surface area contributed by atoms with Crippen molar-refractivity contribution in [2.45, 2.75) is 6.42 Å². The second-order valence-corrected chi connectivity index (χ2v) is 3.54. The first kappa shape index (κ1) is 17.8. The van der Waals surface area contributed by atoms with Crippen molar-refractivity contribution in [2.75, 3.05) is 32.7 Å². The number of aliphatic imine (C=N–C) groups is 1. The third-order valence-electron chi connectivity index (χ3n) is 2.25. The number of nitrogens with zero attached hydrogens (tertiary/aromatic N) is 1. The smallest absolute Gasteiger partial charge is 0.193 e. The fourth-order valence-corrected chi connectivity index (χ4v) is 1.37. The molecule has 0 spiro atoms. The van der Waals surface area contributed by atoms with Crippen molar-refractivity contribution in [1.82, 2.24) is 0 Å². The molecule has 1 aromatic rings. The Morgan fingerprint density at radius 2 is 2.00 bits per heavy atom. The lowest BCUT2D eigenvalue weighted by atomic mass is 10.3. The van der Waals surface area contributed by atoms with Crippen molar-refractivity contribution in [3.8, 4) is 11.5 Å². The van der Waals surface area contributed by atoms with E-state index in [0.717, 1.165) is 5.69 Å². The van der Waals surface area contributed by atoms with E-state index < -0.39 is 0 Å². The molecular formula is C12H20IN3O3.